The fourth-order valence-electron chi connectivity index (χ4n) is 1.49. The van der Waals surface area contributed by atoms with Gasteiger partial charge in [0.25, 0.3) is 0 Å². The molecule has 1 aliphatic rings. The molecule has 1 aliphatic carbocycles. The summed E-state index contributed by atoms with van der Waals surface area (Å²) in [6.45, 7) is 8.31. The van der Waals surface area contributed by atoms with E-state index in [2.05, 4.69) is 26.5 Å². The van der Waals surface area contributed by atoms with E-state index in [0.717, 1.165) is 5.92 Å². The zero-order valence-electron chi connectivity index (χ0n) is 6.98. The summed E-state index contributed by atoms with van der Waals surface area (Å²) in [6.07, 6.45) is 5.93. The second-order valence-electron chi connectivity index (χ2n) is 3.30. The topological polar surface area (TPSA) is 0 Å². The minimum absolute atomic E-state index is 0.753. The molecule has 0 amide bonds. The molecule has 0 heterocycles. The van der Waals surface area contributed by atoms with E-state index in [-0.39, 0.29) is 0 Å². The van der Waals surface area contributed by atoms with E-state index in [1.54, 1.807) is 11.1 Å². The number of hydrogen-bond donors (Lipinski definition) is 0. The minimum Gasteiger partial charge on any atom is -0.103 e. The maximum atomic E-state index is 3.82. The third kappa shape index (κ3) is 1.50. The molecule has 0 radical (unpaired) electrons. The molecule has 0 N–H and O–H groups in total. The van der Waals surface area contributed by atoms with Crippen molar-refractivity contribution in [2.24, 2.45) is 5.92 Å². The molecule has 1 unspecified atom stereocenters. The van der Waals surface area contributed by atoms with Crippen molar-refractivity contribution in [1.82, 2.24) is 0 Å². The third-order valence-electron chi connectivity index (χ3n) is 2.52. The van der Waals surface area contributed by atoms with Gasteiger partial charge in [-0.1, -0.05) is 17.2 Å². The van der Waals surface area contributed by atoms with Gasteiger partial charge in [0.1, 0.15) is 0 Å². The smallest absolute Gasteiger partial charge is 0.0196 e. The van der Waals surface area contributed by atoms with Crippen molar-refractivity contribution in [3.8, 4) is 0 Å². The van der Waals surface area contributed by atoms with Crippen molar-refractivity contribution in [2.75, 3.05) is 0 Å². The minimum atomic E-state index is 0.753. The van der Waals surface area contributed by atoms with Crippen molar-refractivity contribution < 1.29 is 0 Å². The van der Waals surface area contributed by atoms with Crippen molar-refractivity contribution in [3.63, 3.8) is 0 Å². The first-order valence-electron chi connectivity index (χ1n) is 4.02. The van der Waals surface area contributed by atoms with Gasteiger partial charge in [0.15, 0.2) is 0 Å². The van der Waals surface area contributed by atoms with Crippen LogP contribution >= 0.6 is 0 Å². The van der Waals surface area contributed by atoms with Crippen molar-refractivity contribution in [1.29, 1.82) is 0 Å². The summed E-state index contributed by atoms with van der Waals surface area (Å²) < 4.78 is 0. The quantitative estimate of drug-likeness (QED) is 0.485. The molecule has 0 aromatic carbocycles. The Balaban J connectivity index is 2.62. The molecule has 1 rings (SSSR count). The molecule has 1 atom stereocenters. The maximum Gasteiger partial charge on any atom is -0.0196 e. The molecule has 56 valence electrons. The highest BCUT2D eigenvalue weighted by Gasteiger charge is 2.12. The fraction of sp³-hybridized carbons (Fsp3) is 0.600. The normalized spacial score (nSPS) is 26.8. The van der Waals surface area contributed by atoms with Gasteiger partial charge in [-0.3, -0.25) is 0 Å². The van der Waals surface area contributed by atoms with E-state index < -0.39 is 0 Å². The Labute approximate surface area is 63.6 Å². The van der Waals surface area contributed by atoms with Crippen molar-refractivity contribution in [3.05, 3.63) is 23.8 Å². The lowest BCUT2D eigenvalue weighted by atomic mass is 9.85. The Bertz CT molecular complexity index is 163. The summed E-state index contributed by atoms with van der Waals surface area (Å²) in [5.74, 6) is 0.753. The summed E-state index contributed by atoms with van der Waals surface area (Å²) in [7, 11) is 0. The van der Waals surface area contributed by atoms with Crippen molar-refractivity contribution >= 4 is 0 Å². The molecule has 0 spiro atoms. The lowest BCUT2D eigenvalue weighted by Gasteiger charge is -2.20. The van der Waals surface area contributed by atoms with Gasteiger partial charge in [0.05, 0.1) is 0 Å². The third-order valence-corrected chi connectivity index (χ3v) is 2.52. The molecule has 0 heteroatoms. The highest BCUT2D eigenvalue weighted by atomic mass is 14.2. The second-order valence-corrected chi connectivity index (χ2v) is 3.30. The predicted molar refractivity (Wildman–Crippen MR) is 45.9 cm³/mol. The van der Waals surface area contributed by atoms with E-state index in [1.165, 1.54) is 19.3 Å². The average molecular weight is 136 g/mol. The first-order chi connectivity index (χ1) is 4.74. The lowest BCUT2D eigenvalue weighted by molar-refractivity contribution is 0.547. The molecule has 0 saturated heterocycles. The molecule has 0 bridgehead atoms. The van der Waals surface area contributed by atoms with E-state index >= 15 is 0 Å². The molecule has 0 saturated carbocycles. The van der Waals surface area contributed by atoms with Crippen LogP contribution in [0.1, 0.15) is 33.1 Å². The van der Waals surface area contributed by atoms with Crippen LogP contribution in [0.15, 0.2) is 23.8 Å². The molecule has 0 aromatic rings. The van der Waals surface area contributed by atoms with Crippen LogP contribution in [0, 0.1) is 5.92 Å². The monoisotopic (exact) mass is 136 g/mol. The van der Waals surface area contributed by atoms with Gasteiger partial charge in [-0.25, -0.2) is 0 Å². The van der Waals surface area contributed by atoms with Crippen LogP contribution in [0.25, 0.3) is 0 Å². The van der Waals surface area contributed by atoms with Crippen LogP contribution < -0.4 is 0 Å². The standard InChI is InChI=1S/C10H16/c1-4-10-6-5-8(2)9(3)7-10/h4,10H,1,5-7H2,2-3H3. The number of rotatable bonds is 1. The van der Waals surface area contributed by atoms with Gasteiger partial charge in [-0.2, -0.15) is 0 Å². The molecule has 10 heavy (non-hydrogen) atoms. The summed E-state index contributed by atoms with van der Waals surface area (Å²) in [6, 6.07) is 0. The fourth-order valence-corrected chi connectivity index (χ4v) is 1.49. The van der Waals surface area contributed by atoms with E-state index in [0.29, 0.717) is 0 Å². The Kier molecular flexibility index (Phi) is 2.31. The van der Waals surface area contributed by atoms with E-state index in [9.17, 15) is 0 Å². The SMILES string of the molecule is C=CC1CCC(C)=C(C)C1. The Morgan fingerprint density at radius 3 is 2.60 bits per heavy atom. The molecule has 0 aliphatic heterocycles. The van der Waals surface area contributed by atoms with Crippen LogP contribution in [0.2, 0.25) is 0 Å². The molecular formula is C10H16. The molecule has 0 aromatic heterocycles. The summed E-state index contributed by atoms with van der Waals surface area (Å²) in [4.78, 5) is 0. The first kappa shape index (κ1) is 7.59. The predicted octanol–water partition coefficient (Wildman–Crippen LogP) is 3.31. The highest BCUT2D eigenvalue weighted by molar-refractivity contribution is 5.15. The Morgan fingerprint density at radius 1 is 1.40 bits per heavy atom. The highest BCUT2D eigenvalue weighted by Crippen LogP contribution is 2.28. The van der Waals surface area contributed by atoms with Gasteiger partial charge in [-0.15, -0.1) is 6.58 Å². The van der Waals surface area contributed by atoms with Crippen molar-refractivity contribution in [2.45, 2.75) is 33.1 Å². The van der Waals surface area contributed by atoms with Crippen LogP contribution in [-0.4, -0.2) is 0 Å². The van der Waals surface area contributed by atoms with E-state index in [1.807, 2.05) is 0 Å². The van der Waals surface area contributed by atoms with E-state index in [4.69, 9.17) is 0 Å². The second kappa shape index (κ2) is 3.05. The van der Waals surface area contributed by atoms with Gasteiger partial charge >= 0.3 is 0 Å². The zero-order chi connectivity index (χ0) is 7.56. The summed E-state index contributed by atoms with van der Waals surface area (Å²) >= 11 is 0. The van der Waals surface area contributed by atoms with Crippen LogP contribution in [0.4, 0.5) is 0 Å². The summed E-state index contributed by atoms with van der Waals surface area (Å²) in [5, 5.41) is 0. The van der Waals surface area contributed by atoms with Crippen LogP contribution in [0.3, 0.4) is 0 Å². The van der Waals surface area contributed by atoms with Gasteiger partial charge in [0.2, 0.25) is 0 Å². The van der Waals surface area contributed by atoms with Gasteiger partial charge in [0, 0.05) is 0 Å². The average Bonchev–Trinajstić information content (AvgIpc) is 1.95. The van der Waals surface area contributed by atoms with Gasteiger partial charge < -0.3 is 0 Å². The molecule has 0 nitrogen and oxygen atoms in total. The Hall–Kier alpha value is -0.520. The number of allylic oxidation sites excluding steroid dienone is 3. The molecular weight excluding hydrogens is 120 g/mol. The molecule has 0 fully saturated rings. The largest absolute Gasteiger partial charge is 0.103 e. The summed E-state index contributed by atoms with van der Waals surface area (Å²) in [5.41, 5.74) is 3.18. The number of hydrogen-bond acceptors (Lipinski definition) is 0. The van der Waals surface area contributed by atoms with Gasteiger partial charge in [-0.05, 0) is 39.0 Å². The van der Waals surface area contributed by atoms with Crippen LogP contribution in [0.5, 0.6) is 0 Å². The zero-order valence-corrected chi connectivity index (χ0v) is 6.98. The lowest BCUT2D eigenvalue weighted by Crippen LogP contribution is -2.04. The Morgan fingerprint density at radius 2 is 2.10 bits per heavy atom. The van der Waals surface area contributed by atoms with Crippen LogP contribution in [-0.2, 0) is 0 Å². The first-order valence-corrected chi connectivity index (χ1v) is 4.02. The maximum absolute atomic E-state index is 3.82.